The summed E-state index contributed by atoms with van der Waals surface area (Å²) in [6.45, 7) is 5.18. The summed E-state index contributed by atoms with van der Waals surface area (Å²) >= 11 is 0. The highest BCUT2D eigenvalue weighted by atomic mass is 16.5. The number of methoxy groups -OCH3 is 1. The molecule has 0 spiro atoms. The molecule has 2 rings (SSSR count). The summed E-state index contributed by atoms with van der Waals surface area (Å²) in [5.74, 6) is 0.0358. The van der Waals surface area contributed by atoms with E-state index in [9.17, 15) is 4.79 Å². The van der Waals surface area contributed by atoms with Gasteiger partial charge in [-0.3, -0.25) is 9.79 Å². The lowest BCUT2D eigenvalue weighted by atomic mass is 9.97. The van der Waals surface area contributed by atoms with Crippen LogP contribution in [0.5, 0.6) is 0 Å². The number of amides is 1. The average molecular weight is 348 g/mol. The molecule has 1 aliphatic heterocycles. The molecule has 138 valence electrons. The van der Waals surface area contributed by atoms with Gasteiger partial charge in [-0.05, 0) is 12.5 Å². The number of nitrogens with two attached hydrogens (primary N) is 1. The van der Waals surface area contributed by atoms with Gasteiger partial charge in [-0.15, -0.1) is 0 Å². The topological polar surface area (TPSA) is 89.2 Å². The Kier molecular flexibility index (Phi) is 7.69. The maximum Gasteiger partial charge on any atom is 0.232 e. The lowest BCUT2D eigenvalue weighted by Crippen LogP contribution is -2.44. The van der Waals surface area contributed by atoms with Crippen LogP contribution in [0, 0.1) is 0 Å². The molecular weight excluding hydrogens is 320 g/mol. The summed E-state index contributed by atoms with van der Waals surface area (Å²) < 4.78 is 10.4. The summed E-state index contributed by atoms with van der Waals surface area (Å²) in [6, 6.07) is 9.76. The van der Waals surface area contributed by atoms with E-state index in [0.29, 0.717) is 45.4 Å². The Balaban J connectivity index is 2.08. The van der Waals surface area contributed by atoms with E-state index in [-0.39, 0.29) is 17.9 Å². The van der Waals surface area contributed by atoms with Crippen LogP contribution in [0.4, 0.5) is 0 Å². The normalized spacial score (nSPS) is 17.8. The molecular formula is C18H28N4O3. The van der Waals surface area contributed by atoms with Crippen molar-refractivity contribution in [1.82, 2.24) is 10.2 Å². The van der Waals surface area contributed by atoms with Crippen molar-refractivity contribution in [2.75, 3.05) is 46.6 Å². The zero-order valence-corrected chi connectivity index (χ0v) is 15.0. The molecule has 7 heteroatoms. The van der Waals surface area contributed by atoms with Crippen molar-refractivity contribution in [3.8, 4) is 0 Å². The molecule has 0 radical (unpaired) electrons. The summed E-state index contributed by atoms with van der Waals surface area (Å²) in [5.41, 5.74) is 6.89. The summed E-state index contributed by atoms with van der Waals surface area (Å²) in [7, 11) is 1.64. The number of aliphatic imine (C=N–C) groups is 1. The van der Waals surface area contributed by atoms with E-state index < -0.39 is 0 Å². The Morgan fingerprint density at radius 2 is 2.04 bits per heavy atom. The number of rotatable bonds is 7. The fourth-order valence-electron chi connectivity index (χ4n) is 2.79. The van der Waals surface area contributed by atoms with Crippen molar-refractivity contribution in [2.24, 2.45) is 10.7 Å². The average Bonchev–Trinajstić information content (AvgIpc) is 2.63. The third-order valence-electron chi connectivity index (χ3n) is 4.08. The molecule has 3 N–H and O–H groups in total. The van der Waals surface area contributed by atoms with Gasteiger partial charge in [0.25, 0.3) is 0 Å². The number of carbonyl (C=O) groups excluding carboxylic acids is 1. The van der Waals surface area contributed by atoms with Crippen molar-refractivity contribution in [3.05, 3.63) is 35.9 Å². The first-order chi connectivity index (χ1) is 12.1. The van der Waals surface area contributed by atoms with E-state index in [0.717, 1.165) is 5.56 Å². The molecule has 1 amide bonds. The molecule has 1 saturated heterocycles. The van der Waals surface area contributed by atoms with Gasteiger partial charge >= 0.3 is 0 Å². The first-order valence-electron chi connectivity index (χ1n) is 8.58. The van der Waals surface area contributed by atoms with Crippen molar-refractivity contribution < 1.29 is 14.3 Å². The number of morpholine rings is 1. The highest BCUT2D eigenvalue weighted by Gasteiger charge is 2.27. The van der Waals surface area contributed by atoms with E-state index in [2.05, 4.69) is 10.3 Å². The van der Waals surface area contributed by atoms with E-state index in [4.69, 9.17) is 15.2 Å². The number of benzene rings is 1. The number of carbonyl (C=O) groups is 1. The summed E-state index contributed by atoms with van der Waals surface area (Å²) in [6.07, 6.45) is 0. The molecule has 1 aromatic rings. The number of hydrogen-bond acceptors (Lipinski definition) is 4. The highest BCUT2D eigenvalue weighted by molar-refractivity contribution is 5.85. The smallest absolute Gasteiger partial charge is 0.232 e. The monoisotopic (exact) mass is 348 g/mol. The van der Waals surface area contributed by atoms with Gasteiger partial charge in [0, 0.05) is 26.2 Å². The molecule has 0 unspecified atom stereocenters. The largest absolute Gasteiger partial charge is 0.383 e. The Morgan fingerprint density at radius 3 is 2.68 bits per heavy atom. The van der Waals surface area contributed by atoms with Crippen molar-refractivity contribution in [2.45, 2.75) is 18.9 Å². The molecule has 7 nitrogen and oxygen atoms in total. The van der Waals surface area contributed by atoms with Crippen LogP contribution in [0.1, 0.15) is 18.4 Å². The standard InChI is InChI=1S/C18H28N4O3/c1-14(13-24-2)21-18(19)20-12-16(15-6-4-3-5-7-15)17(23)22-8-10-25-11-9-22/h3-7,14,16H,8-13H2,1-2H3,(H3,19,20,21)/t14-,16+/m0/s1. The molecule has 0 aliphatic carbocycles. The third-order valence-corrected chi connectivity index (χ3v) is 4.08. The predicted molar refractivity (Wildman–Crippen MR) is 97.5 cm³/mol. The number of hydrogen-bond donors (Lipinski definition) is 2. The molecule has 1 aliphatic rings. The lowest BCUT2D eigenvalue weighted by molar-refractivity contribution is -0.136. The van der Waals surface area contributed by atoms with E-state index in [1.165, 1.54) is 0 Å². The Morgan fingerprint density at radius 1 is 1.36 bits per heavy atom. The van der Waals surface area contributed by atoms with Crippen LogP contribution in [0.15, 0.2) is 35.3 Å². The van der Waals surface area contributed by atoms with Crippen LogP contribution in [0.3, 0.4) is 0 Å². The maximum absolute atomic E-state index is 13.0. The van der Waals surface area contributed by atoms with Crippen LogP contribution in [-0.2, 0) is 14.3 Å². The van der Waals surface area contributed by atoms with Gasteiger partial charge in [0.05, 0.1) is 32.3 Å². The van der Waals surface area contributed by atoms with Crippen molar-refractivity contribution >= 4 is 11.9 Å². The summed E-state index contributed by atoms with van der Waals surface area (Å²) in [5, 5.41) is 3.06. The van der Waals surface area contributed by atoms with Crippen molar-refractivity contribution in [1.29, 1.82) is 0 Å². The van der Waals surface area contributed by atoms with Crippen LogP contribution in [0.25, 0.3) is 0 Å². The zero-order valence-electron chi connectivity index (χ0n) is 15.0. The van der Waals surface area contributed by atoms with Crippen LogP contribution in [0.2, 0.25) is 0 Å². The minimum absolute atomic E-state index is 0.0545. The highest BCUT2D eigenvalue weighted by Crippen LogP contribution is 2.20. The van der Waals surface area contributed by atoms with Gasteiger partial charge in [-0.25, -0.2) is 0 Å². The fraction of sp³-hybridized carbons (Fsp3) is 0.556. The number of nitrogens with one attached hydrogen (secondary N) is 1. The lowest BCUT2D eigenvalue weighted by Gasteiger charge is -2.30. The number of guanidine groups is 1. The second kappa shape index (κ2) is 10.0. The molecule has 0 aromatic heterocycles. The zero-order chi connectivity index (χ0) is 18.1. The van der Waals surface area contributed by atoms with E-state index in [1.54, 1.807) is 7.11 Å². The fourth-order valence-corrected chi connectivity index (χ4v) is 2.79. The van der Waals surface area contributed by atoms with Gasteiger partial charge in [-0.1, -0.05) is 30.3 Å². The summed E-state index contributed by atoms with van der Waals surface area (Å²) in [4.78, 5) is 19.2. The molecule has 1 heterocycles. The predicted octanol–water partition coefficient (Wildman–Crippen LogP) is 0.568. The van der Waals surface area contributed by atoms with Crippen LogP contribution < -0.4 is 11.1 Å². The minimum atomic E-state index is -0.350. The van der Waals surface area contributed by atoms with E-state index in [1.807, 2.05) is 42.2 Å². The molecule has 2 atom stereocenters. The second-order valence-electron chi connectivity index (χ2n) is 6.13. The molecule has 25 heavy (non-hydrogen) atoms. The Labute approximate surface area is 149 Å². The number of nitrogens with zero attached hydrogens (tertiary/aromatic N) is 2. The maximum atomic E-state index is 13.0. The quantitative estimate of drug-likeness (QED) is 0.555. The van der Waals surface area contributed by atoms with Gasteiger partial charge in [0.1, 0.15) is 0 Å². The van der Waals surface area contributed by atoms with Crippen molar-refractivity contribution in [3.63, 3.8) is 0 Å². The van der Waals surface area contributed by atoms with Gasteiger partial charge in [-0.2, -0.15) is 0 Å². The first-order valence-corrected chi connectivity index (χ1v) is 8.58. The Bertz CT molecular complexity index is 559. The molecule has 0 saturated carbocycles. The SMILES string of the molecule is COC[C@H](C)NC(N)=NC[C@@H](C(=O)N1CCOCC1)c1ccccc1. The minimum Gasteiger partial charge on any atom is -0.383 e. The van der Waals surface area contributed by atoms with Gasteiger partial charge < -0.3 is 25.4 Å². The van der Waals surface area contributed by atoms with Gasteiger partial charge in [0.15, 0.2) is 5.96 Å². The molecule has 1 fully saturated rings. The number of ether oxygens (including phenoxy) is 2. The van der Waals surface area contributed by atoms with E-state index >= 15 is 0 Å². The third kappa shape index (κ3) is 6.03. The first kappa shape index (κ1) is 19.2. The second-order valence-corrected chi connectivity index (χ2v) is 6.13. The van der Waals surface area contributed by atoms with Crippen LogP contribution >= 0.6 is 0 Å². The van der Waals surface area contributed by atoms with Crippen LogP contribution in [-0.4, -0.2) is 69.4 Å². The van der Waals surface area contributed by atoms with Gasteiger partial charge in [0.2, 0.25) is 5.91 Å². The Hall–Kier alpha value is -2.12. The molecule has 0 bridgehead atoms. The molecule has 1 aromatic carbocycles.